The van der Waals surface area contributed by atoms with Gasteiger partial charge in [0.05, 0.1) is 17.9 Å². The Hall–Kier alpha value is -2.78. The van der Waals surface area contributed by atoms with Crippen molar-refractivity contribution in [2.75, 3.05) is 32.7 Å². The minimum atomic E-state index is -0.0725. The summed E-state index contributed by atoms with van der Waals surface area (Å²) >= 11 is 0. The minimum Gasteiger partial charge on any atom is -0.299 e. The fourth-order valence-corrected chi connectivity index (χ4v) is 4.61. The van der Waals surface area contributed by atoms with E-state index in [2.05, 4.69) is 30.7 Å². The molecule has 0 bridgehead atoms. The highest BCUT2D eigenvalue weighted by atomic mass is 16.1. The van der Waals surface area contributed by atoms with Gasteiger partial charge in [0.25, 0.3) is 5.56 Å². The standard InChI is InChI=1S/C22H30N8O/c1-17-14-18(2)30(23-17)21-5-6-22(31)29(25-21)13-12-26-8-10-27(11-9-26)16-19-15-20-4-3-7-28(20)24-19/h5-6,14-15H,3-4,7-13,16H2,1-2H3. The highest BCUT2D eigenvalue weighted by Crippen LogP contribution is 2.17. The van der Waals surface area contributed by atoms with E-state index >= 15 is 0 Å². The second-order valence-electron chi connectivity index (χ2n) is 8.66. The van der Waals surface area contributed by atoms with Crippen LogP contribution in [-0.2, 0) is 26.1 Å². The summed E-state index contributed by atoms with van der Waals surface area (Å²) in [6.07, 6.45) is 2.39. The van der Waals surface area contributed by atoms with Crippen molar-refractivity contribution in [1.29, 1.82) is 0 Å². The summed E-state index contributed by atoms with van der Waals surface area (Å²) in [6, 6.07) is 7.60. The van der Waals surface area contributed by atoms with E-state index in [1.165, 1.54) is 17.8 Å². The van der Waals surface area contributed by atoms with Crippen LogP contribution in [0.2, 0.25) is 0 Å². The first kappa shape index (κ1) is 20.1. The van der Waals surface area contributed by atoms with Crippen molar-refractivity contribution in [2.24, 2.45) is 0 Å². The lowest BCUT2D eigenvalue weighted by atomic mass is 10.2. The van der Waals surface area contributed by atoms with Crippen LogP contribution in [0.15, 0.2) is 29.1 Å². The lowest BCUT2D eigenvalue weighted by molar-refractivity contribution is 0.121. The van der Waals surface area contributed by atoms with Crippen molar-refractivity contribution in [3.05, 3.63) is 57.4 Å². The number of piperazine rings is 1. The maximum atomic E-state index is 12.3. The molecule has 0 unspecified atom stereocenters. The molecule has 9 nitrogen and oxygen atoms in total. The normalized spacial score (nSPS) is 17.4. The number of hydrogen-bond acceptors (Lipinski definition) is 6. The number of nitrogens with zero attached hydrogens (tertiary/aromatic N) is 8. The molecule has 3 aromatic heterocycles. The zero-order valence-electron chi connectivity index (χ0n) is 18.4. The molecule has 0 atom stereocenters. The molecule has 1 fully saturated rings. The third kappa shape index (κ3) is 4.33. The highest BCUT2D eigenvalue weighted by Gasteiger charge is 2.20. The Kier molecular flexibility index (Phi) is 5.45. The molecule has 0 aliphatic carbocycles. The summed E-state index contributed by atoms with van der Waals surface area (Å²) in [5.74, 6) is 0.682. The molecular weight excluding hydrogens is 392 g/mol. The van der Waals surface area contributed by atoms with Crippen LogP contribution >= 0.6 is 0 Å². The van der Waals surface area contributed by atoms with Gasteiger partial charge >= 0.3 is 0 Å². The second-order valence-corrected chi connectivity index (χ2v) is 8.66. The third-order valence-electron chi connectivity index (χ3n) is 6.27. The Morgan fingerprint density at radius 3 is 2.45 bits per heavy atom. The summed E-state index contributed by atoms with van der Waals surface area (Å²) < 4.78 is 5.51. The van der Waals surface area contributed by atoms with E-state index in [1.807, 2.05) is 19.9 Å². The molecule has 0 radical (unpaired) electrons. The van der Waals surface area contributed by atoms with Crippen molar-refractivity contribution in [2.45, 2.75) is 46.3 Å². The van der Waals surface area contributed by atoms with Crippen LogP contribution in [0.5, 0.6) is 0 Å². The van der Waals surface area contributed by atoms with E-state index in [-0.39, 0.29) is 5.56 Å². The first-order valence-corrected chi connectivity index (χ1v) is 11.2. The van der Waals surface area contributed by atoms with Crippen molar-refractivity contribution in [3.8, 4) is 5.82 Å². The second kappa shape index (κ2) is 8.39. The molecule has 0 aromatic carbocycles. The molecule has 9 heteroatoms. The van der Waals surface area contributed by atoms with Crippen molar-refractivity contribution in [3.63, 3.8) is 0 Å². The van der Waals surface area contributed by atoms with Gasteiger partial charge in [-0.3, -0.25) is 19.3 Å². The topological polar surface area (TPSA) is 77.0 Å². The lowest BCUT2D eigenvalue weighted by Crippen LogP contribution is -2.47. The molecule has 0 N–H and O–H groups in total. The van der Waals surface area contributed by atoms with Gasteiger partial charge in [-0.2, -0.15) is 10.2 Å². The van der Waals surface area contributed by atoms with Gasteiger partial charge in [0.15, 0.2) is 5.82 Å². The van der Waals surface area contributed by atoms with Gasteiger partial charge in [0, 0.05) is 63.3 Å². The number of hydrogen-bond donors (Lipinski definition) is 0. The quantitative estimate of drug-likeness (QED) is 0.590. The third-order valence-corrected chi connectivity index (χ3v) is 6.27. The summed E-state index contributed by atoms with van der Waals surface area (Å²) in [4.78, 5) is 17.2. The van der Waals surface area contributed by atoms with E-state index in [9.17, 15) is 4.79 Å². The maximum absolute atomic E-state index is 12.3. The van der Waals surface area contributed by atoms with Gasteiger partial charge in [-0.05, 0) is 44.9 Å². The van der Waals surface area contributed by atoms with Crippen molar-refractivity contribution < 1.29 is 0 Å². The van der Waals surface area contributed by atoms with Crippen LogP contribution in [0.1, 0.15) is 29.2 Å². The largest absolute Gasteiger partial charge is 0.299 e. The Morgan fingerprint density at radius 2 is 1.71 bits per heavy atom. The first-order valence-electron chi connectivity index (χ1n) is 11.2. The average molecular weight is 423 g/mol. The molecule has 5 rings (SSSR count). The summed E-state index contributed by atoms with van der Waals surface area (Å²) in [5.41, 5.74) is 4.45. The fraction of sp³-hybridized carbons (Fsp3) is 0.545. The molecule has 0 amide bonds. The number of aromatic nitrogens is 6. The van der Waals surface area contributed by atoms with Gasteiger partial charge in [-0.1, -0.05) is 0 Å². The maximum Gasteiger partial charge on any atom is 0.266 e. The Bertz CT molecular complexity index is 1100. The molecule has 5 heterocycles. The molecule has 2 aliphatic heterocycles. The SMILES string of the molecule is Cc1cc(C)n(-c2ccc(=O)n(CCN3CCN(Cc4cc5n(n4)CCC5)CC3)n2)n1. The van der Waals surface area contributed by atoms with Crippen LogP contribution in [0, 0.1) is 13.8 Å². The highest BCUT2D eigenvalue weighted by molar-refractivity contribution is 5.23. The van der Waals surface area contributed by atoms with Gasteiger partial charge in [-0.25, -0.2) is 9.36 Å². The molecule has 1 saturated heterocycles. The van der Waals surface area contributed by atoms with E-state index in [0.29, 0.717) is 12.4 Å². The predicted octanol–water partition coefficient (Wildman–Crippen LogP) is 1.01. The predicted molar refractivity (Wildman–Crippen MR) is 117 cm³/mol. The Labute approximate surface area is 181 Å². The van der Waals surface area contributed by atoms with Gasteiger partial charge in [-0.15, -0.1) is 5.10 Å². The summed E-state index contributed by atoms with van der Waals surface area (Å²) in [5, 5.41) is 13.8. The van der Waals surface area contributed by atoms with Gasteiger partial charge in [0.1, 0.15) is 0 Å². The molecule has 2 aliphatic rings. The molecule has 0 spiro atoms. The monoisotopic (exact) mass is 422 g/mol. The van der Waals surface area contributed by atoms with E-state index in [0.717, 1.165) is 63.6 Å². The molecule has 31 heavy (non-hydrogen) atoms. The van der Waals surface area contributed by atoms with Crippen LogP contribution in [0.25, 0.3) is 5.82 Å². The smallest absolute Gasteiger partial charge is 0.266 e. The summed E-state index contributed by atoms with van der Waals surface area (Å²) in [6.45, 7) is 11.4. The van der Waals surface area contributed by atoms with E-state index in [4.69, 9.17) is 5.10 Å². The zero-order valence-corrected chi connectivity index (χ0v) is 18.4. The van der Waals surface area contributed by atoms with E-state index < -0.39 is 0 Å². The van der Waals surface area contributed by atoms with Gasteiger partial charge < -0.3 is 0 Å². The number of fused-ring (bicyclic) bond motifs is 1. The van der Waals surface area contributed by atoms with E-state index in [1.54, 1.807) is 21.5 Å². The molecular formula is C22H30N8O. The Balaban J connectivity index is 1.15. The molecule has 0 saturated carbocycles. The summed E-state index contributed by atoms with van der Waals surface area (Å²) in [7, 11) is 0. The van der Waals surface area contributed by atoms with Gasteiger partial charge in [0.2, 0.25) is 0 Å². The van der Waals surface area contributed by atoms with Crippen LogP contribution in [0.4, 0.5) is 0 Å². The molecule has 3 aromatic rings. The van der Waals surface area contributed by atoms with Crippen LogP contribution in [0.3, 0.4) is 0 Å². The van der Waals surface area contributed by atoms with Crippen molar-refractivity contribution in [1.82, 2.24) is 39.1 Å². The van der Waals surface area contributed by atoms with Crippen LogP contribution in [-0.4, -0.2) is 71.9 Å². The fourth-order valence-electron chi connectivity index (χ4n) is 4.61. The lowest BCUT2D eigenvalue weighted by Gasteiger charge is -2.34. The number of aryl methyl sites for hydroxylation is 4. The average Bonchev–Trinajstić information content (AvgIpc) is 3.43. The minimum absolute atomic E-state index is 0.0725. The first-order chi connectivity index (χ1) is 15.0. The zero-order chi connectivity index (χ0) is 21.4. The molecule has 164 valence electrons. The number of rotatable bonds is 6. The van der Waals surface area contributed by atoms with Crippen LogP contribution < -0.4 is 5.56 Å². The van der Waals surface area contributed by atoms with Crippen molar-refractivity contribution >= 4 is 0 Å². The Morgan fingerprint density at radius 1 is 0.903 bits per heavy atom.